The highest BCUT2D eigenvalue weighted by atomic mass is 16.7. The van der Waals surface area contributed by atoms with E-state index >= 15 is 0 Å². The lowest BCUT2D eigenvalue weighted by Crippen LogP contribution is -1.96. The van der Waals surface area contributed by atoms with Crippen molar-refractivity contribution in [2.75, 3.05) is 19.2 Å². The molecule has 0 saturated heterocycles. The molecule has 0 radical (unpaired) electrons. The maximum atomic E-state index is 10.6. The van der Waals surface area contributed by atoms with Crippen LogP contribution in [0.5, 0.6) is 11.5 Å². The van der Waals surface area contributed by atoms with Gasteiger partial charge in [-0.05, 0) is 0 Å². The Hall–Kier alpha value is -1.98. The van der Waals surface area contributed by atoms with Crippen LogP contribution < -0.4 is 14.8 Å². The smallest absolute Gasteiger partial charge is 0.296 e. The predicted octanol–water partition coefficient (Wildman–Crippen LogP) is 1.37. The molecule has 1 aliphatic rings. The molecule has 74 valence electrons. The number of hydrogen-bond donors (Lipinski definition) is 1. The third-order valence-corrected chi connectivity index (χ3v) is 1.96. The molecule has 0 spiro atoms. The highest BCUT2D eigenvalue weighted by Gasteiger charge is 2.22. The summed E-state index contributed by atoms with van der Waals surface area (Å²) in [6.07, 6.45) is 0. The number of fused-ring (bicyclic) bond motifs is 1. The molecule has 0 amide bonds. The number of ether oxygens (including phenoxy) is 2. The summed E-state index contributed by atoms with van der Waals surface area (Å²) in [7, 11) is 1.62. The van der Waals surface area contributed by atoms with Crippen molar-refractivity contribution >= 4 is 11.4 Å². The van der Waals surface area contributed by atoms with Gasteiger partial charge >= 0.3 is 0 Å². The summed E-state index contributed by atoms with van der Waals surface area (Å²) in [4.78, 5) is 10.2. The zero-order valence-electron chi connectivity index (χ0n) is 7.44. The van der Waals surface area contributed by atoms with Crippen LogP contribution in [0.15, 0.2) is 12.1 Å². The minimum absolute atomic E-state index is 0.0169. The lowest BCUT2D eigenvalue weighted by Gasteiger charge is -2.03. The number of hydrogen-bond acceptors (Lipinski definition) is 5. The third kappa shape index (κ3) is 1.20. The summed E-state index contributed by atoms with van der Waals surface area (Å²) in [5.74, 6) is 0.940. The molecule has 6 nitrogen and oxygen atoms in total. The second kappa shape index (κ2) is 3.06. The molecular weight excluding hydrogens is 188 g/mol. The van der Waals surface area contributed by atoms with E-state index in [1.165, 1.54) is 6.07 Å². The number of nitrogens with one attached hydrogen (secondary N) is 1. The number of rotatable bonds is 2. The average molecular weight is 196 g/mol. The molecule has 6 heteroatoms. The minimum atomic E-state index is -0.464. The molecule has 0 aromatic heterocycles. The third-order valence-electron chi connectivity index (χ3n) is 1.96. The lowest BCUT2D eigenvalue weighted by molar-refractivity contribution is -0.384. The average Bonchev–Trinajstić information content (AvgIpc) is 2.62. The molecule has 0 unspecified atom stereocenters. The van der Waals surface area contributed by atoms with Crippen LogP contribution in [0.3, 0.4) is 0 Å². The van der Waals surface area contributed by atoms with Crippen molar-refractivity contribution in [3.8, 4) is 11.5 Å². The number of anilines is 1. The monoisotopic (exact) mass is 196 g/mol. The summed E-state index contributed by atoms with van der Waals surface area (Å²) < 4.78 is 10.1. The molecule has 1 aromatic carbocycles. The molecule has 2 rings (SSSR count). The van der Waals surface area contributed by atoms with Crippen molar-refractivity contribution in [1.82, 2.24) is 0 Å². The van der Waals surface area contributed by atoms with Crippen molar-refractivity contribution in [3.63, 3.8) is 0 Å². The van der Waals surface area contributed by atoms with E-state index in [0.29, 0.717) is 17.2 Å². The Morgan fingerprint density at radius 1 is 1.43 bits per heavy atom. The standard InChI is InChI=1S/C8H8N2O4/c1-9-5-2-7-8(14-4-13-7)3-6(5)10(11)12/h2-3,9H,4H2,1H3. The largest absolute Gasteiger partial charge is 0.454 e. The summed E-state index contributed by atoms with van der Waals surface area (Å²) >= 11 is 0. The van der Waals surface area contributed by atoms with Gasteiger partial charge in [0.15, 0.2) is 11.5 Å². The number of nitro groups is 1. The van der Waals surface area contributed by atoms with E-state index in [1.807, 2.05) is 0 Å². The maximum absolute atomic E-state index is 10.6. The SMILES string of the molecule is CNc1cc2c(cc1[N+](=O)[O-])OCO2. The van der Waals surface area contributed by atoms with Gasteiger partial charge in [-0.3, -0.25) is 10.1 Å². The zero-order valence-corrected chi connectivity index (χ0v) is 7.44. The summed E-state index contributed by atoms with van der Waals surface area (Å²) in [5, 5.41) is 13.4. The van der Waals surface area contributed by atoms with Gasteiger partial charge in [-0.15, -0.1) is 0 Å². The molecule has 14 heavy (non-hydrogen) atoms. The fourth-order valence-electron chi connectivity index (χ4n) is 1.28. The Bertz CT molecular complexity index is 391. The van der Waals surface area contributed by atoms with Crippen LogP contribution >= 0.6 is 0 Å². The van der Waals surface area contributed by atoms with Gasteiger partial charge in [0.1, 0.15) is 5.69 Å². The van der Waals surface area contributed by atoms with Crippen LogP contribution in [-0.2, 0) is 0 Å². The minimum Gasteiger partial charge on any atom is -0.454 e. The van der Waals surface area contributed by atoms with E-state index in [1.54, 1.807) is 13.1 Å². The van der Waals surface area contributed by atoms with Crippen molar-refractivity contribution in [3.05, 3.63) is 22.2 Å². The Kier molecular flexibility index (Phi) is 1.88. The lowest BCUT2D eigenvalue weighted by atomic mass is 10.2. The fourth-order valence-corrected chi connectivity index (χ4v) is 1.28. The maximum Gasteiger partial charge on any atom is 0.296 e. The van der Waals surface area contributed by atoms with E-state index < -0.39 is 4.92 Å². The molecule has 1 heterocycles. The van der Waals surface area contributed by atoms with Crippen molar-refractivity contribution < 1.29 is 14.4 Å². The molecule has 1 N–H and O–H groups in total. The van der Waals surface area contributed by atoms with E-state index in [9.17, 15) is 10.1 Å². The Balaban J connectivity index is 2.54. The summed E-state index contributed by atoms with van der Waals surface area (Å²) in [6, 6.07) is 2.91. The first-order valence-electron chi connectivity index (χ1n) is 3.98. The normalized spacial score (nSPS) is 12.6. The zero-order chi connectivity index (χ0) is 10.1. The molecule has 0 saturated carbocycles. The molecule has 0 bridgehead atoms. The molecule has 0 atom stereocenters. The van der Waals surface area contributed by atoms with Crippen LogP contribution in [0.25, 0.3) is 0 Å². The second-order valence-corrected chi connectivity index (χ2v) is 2.73. The second-order valence-electron chi connectivity index (χ2n) is 2.73. The van der Waals surface area contributed by atoms with Crippen molar-refractivity contribution in [2.24, 2.45) is 0 Å². The topological polar surface area (TPSA) is 73.6 Å². The van der Waals surface area contributed by atoms with Crippen LogP contribution in [-0.4, -0.2) is 18.8 Å². The molecule has 1 aliphatic heterocycles. The quantitative estimate of drug-likeness (QED) is 0.571. The first kappa shape index (κ1) is 8.61. The molecule has 0 fully saturated rings. The van der Waals surface area contributed by atoms with Crippen molar-refractivity contribution in [1.29, 1.82) is 0 Å². The fraction of sp³-hybridized carbons (Fsp3) is 0.250. The first-order chi connectivity index (χ1) is 6.72. The highest BCUT2D eigenvalue weighted by molar-refractivity contribution is 5.68. The number of benzene rings is 1. The summed E-state index contributed by atoms with van der Waals surface area (Å²) in [6.45, 7) is 0.111. The van der Waals surface area contributed by atoms with Gasteiger partial charge in [-0.25, -0.2) is 0 Å². The van der Waals surface area contributed by atoms with Gasteiger partial charge in [0.25, 0.3) is 5.69 Å². The number of nitrogens with zero attached hydrogens (tertiary/aromatic N) is 1. The van der Waals surface area contributed by atoms with Gasteiger partial charge in [-0.2, -0.15) is 0 Å². The Morgan fingerprint density at radius 2 is 2.07 bits per heavy atom. The Morgan fingerprint density at radius 3 is 2.64 bits per heavy atom. The van der Waals surface area contributed by atoms with E-state index in [2.05, 4.69) is 5.32 Å². The van der Waals surface area contributed by atoms with Crippen LogP contribution in [0.1, 0.15) is 0 Å². The van der Waals surface area contributed by atoms with Crippen LogP contribution in [0.4, 0.5) is 11.4 Å². The van der Waals surface area contributed by atoms with Crippen LogP contribution in [0.2, 0.25) is 0 Å². The van der Waals surface area contributed by atoms with Crippen LogP contribution in [0, 0.1) is 10.1 Å². The predicted molar refractivity (Wildman–Crippen MR) is 48.8 cm³/mol. The Labute approximate surface area is 79.6 Å². The van der Waals surface area contributed by atoms with Gasteiger partial charge in [0.2, 0.25) is 6.79 Å². The van der Waals surface area contributed by atoms with E-state index in [-0.39, 0.29) is 12.5 Å². The van der Waals surface area contributed by atoms with E-state index in [0.717, 1.165) is 0 Å². The molecule has 1 aromatic rings. The first-order valence-corrected chi connectivity index (χ1v) is 3.98. The van der Waals surface area contributed by atoms with Gasteiger partial charge < -0.3 is 14.8 Å². The molecule has 0 aliphatic carbocycles. The highest BCUT2D eigenvalue weighted by Crippen LogP contribution is 2.40. The molecular formula is C8H8N2O4. The van der Waals surface area contributed by atoms with Gasteiger partial charge in [0, 0.05) is 13.1 Å². The van der Waals surface area contributed by atoms with Gasteiger partial charge in [0.05, 0.1) is 11.0 Å². The van der Waals surface area contributed by atoms with E-state index in [4.69, 9.17) is 9.47 Å². The van der Waals surface area contributed by atoms with Gasteiger partial charge in [-0.1, -0.05) is 0 Å². The summed E-state index contributed by atoms with van der Waals surface area (Å²) in [5.41, 5.74) is 0.399. The van der Waals surface area contributed by atoms with Crippen molar-refractivity contribution in [2.45, 2.75) is 0 Å². The number of nitro benzene ring substituents is 1.